The molecule has 3 rings (SSSR count). The highest BCUT2D eigenvalue weighted by molar-refractivity contribution is 6.06. The van der Waals surface area contributed by atoms with Crippen molar-refractivity contribution < 1.29 is 5.11 Å². The summed E-state index contributed by atoms with van der Waals surface area (Å²) in [6, 6.07) is 4.51. The summed E-state index contributed by atoms with van der Waals surface area (Å²) in [5, 5.41) is 17.3. The molecular formula is C34H59N5O. The van der Waals surface area contributed by atoms with Crippen molar-refractivity contribution in [3.63, 3.8) is 0 Å². The zero-order chi connectivity index (χ0) is 30.5. The Morgan fingerprint density at radius 2 is 1.88 bits per heavy atom. The van der Waals surface area contributed by atoms with Crippen molar-refractivity contribution in [1.29, 1.82) is 0 Å². The molecule has 1 aromatic carbocycles. The average molecular weight is 554 g/mol. The fourth-order valence-corrected chi connectivity index (χ4v) is 5.19. The molecule has 1 saturated carbocycles. The molecule has 1 heterocycles. The van der Waals surface area contributed by atoms with Gasteiger partial charge in [-0.1, -0.05) is 65.3 Å². The van der Waals surface area contributed by atoms with Crippen LogP contribution in [0.3, 0.4) is 0 Å². The van der Waals surface area contributed by atoms with E-state index in [1.807, 2.05) is 48.6 Å². The van der Waals surface area contributed by atoms with Gasteiger partial charge in [-0.2, -0.15) is 0 Å². The molecule has 1 aliphatic carbocycles. The van der Waals surface area contributed by atoms with Gasteiger partial charge in [-0.25, -0.2) is 0 Å². The summed E-state index contributed by atoms with van der Waals surface area (Å²) in [5.74, 6) is 0.872. The van der Waals surface area contributed by atoms with Crippen LogP contribution in [0.25, 0.3) is 5.70 Å². The maximum atomic E-state index is 10.0. The van der Waals surface area contributed by atoms with E-state index in [4.69, 9.17) is 10.7 Å². The van der Waals surface area contributed by atoms with E-state index in [0.29, 0.717) is 18.4 Å². The monoisotopic (exact) mass is 553 g/mol. The van der Waals surface area contributed by atoms with Gasteiger partial charge in [-0.3, -0.25) is 4.99 Å². The van der Waals surface area contributed by atoms with E-state index in [1.165, 1.54) is 36.8 Å². The van der Waals surface area contributed by atoms with Crippen molar-refractivity contribution in [3.8, 4) is 0 Å². The molecule has 6 heteroatoms. The Morgan fingerprint density at radius 1 is 1.23 bits per heavy atom. The van der Waals surface area contributed by atoms with E-state index in [2.05, 4.69) is 61.1 Å². The van der Waals surface area contributed by atoms with Gasteiger partial charge in [0.15, 0.2) is 0 Å². The van der Waals surface area contributed by atoms with Crippen LogP contribution in [0.4, 0.5) is 5.69 Å². The third-order valence-corrected chi connectivity index (χ3v) is 7.64. The number of allylic oxidation sites excluding steroid dienone is 2. The van der Waals surface area contributed by atoms with Crippen LogP contribution in [0.5, 0.6) is 0 Å². The Morgan fingerprint density at radius 3 is 2.42 bits per heavy atom. The molecule has 5 N–H and O–H groups in total. The minimum Gasteiger partial charge on any atom is -0.404 e. The fourth-order valence-electron chi connectivity index (χ4n) is 5.19. The smallest absolute Gasteiger partial charge is 0.202 e. The van der Waals surface area contributed by atoms with E-state index in [-0.39, 0.29) is 6.04 Å². The Kier molecular flexibility index (Phi) is 15.3. The van der Waals surface area contributed by atoms with Gasteiger partial charge < -0.3 is 26.4 Å². The molecule has 0 bridgehead atoms. The summed E-state index contributed by atoms with van der Waals surface area (Å²) in [6.07, 6.45) is 10.3. The molecule has 1 aliphatic heterocycles. The first-order chi connectivity index (χ1) is 19.1. The molecule has 0 saturated heterocycles. The van der Waals surface area contributed by atoms with E-state index in [0.717, 1.165) is 47.0 Å². The topological polar surface area (TPSA) is 85.9 Å². The lowest BCUT2D eigenvalue weighted by molar-refractivity contribution is 0.192. The second-order valence-corrected chi connectivity index (χ2v) is 11.0. The molecule has 2 unspecified atom stereocenters. The maximum Gasteiger partial charge on any atom is 0.202 e. The lowest BCUT2D eigenvalue weighted by Crippen LogP contribution is -2.37. The number of fused-ring (bicyclic) bond motifs is 1. The summed E-state index contributed by atoms with van der Waals surface area (Å²) >= 11 is 0. The maximum absolute atomic E-state index is 10.0. The third-order valence-electron chi connectivity index (χ3n) is 7.64. The van der Waals surface area contributed by atoms with Crippen LogP contribution in [0.15, 0.2) is 47.1 Å². The van der Waals surface area contributed by atoms with E-state index < -0.39 is 6.10 Å². The Hall–Kier alpha value is -2.57. The number of rotatable bonds is 12. The second-order valence-electron chi connectivity index (χ2n) is 11.0. The SMILES string of the molecule is C=C1c2cc(C)cc(CNC(C)/C(=C\C(C)=C/N)CC(C)O)c2NC(=NCCC2(CCC)CC2)N1C.CC.CC. The van der Waals surface area contributed by atoms with Gasteiger partial charge in [0.05, 0.1) is 11.8 Å². The zero-order valence-corrected chi connectivity index (χ0v) is 27.2. The average Bonchev–Trinajstić information content (AvgIpc) is 3.71. The Bertz CT molecular complexity index is 1030. The highest BCUT2D eigenvalue weighted by Gasteiger charge is 2.40. The van der Waals surface area contributed by atoms with Crippen LogP contribution in [0.2, 0.25) is 0 Å². The summed E-state index contributed by atoms with van der Waals surface area (Å²) < 4.78 is 0. The number of benzene rings is 1. The first kappa shape index (κ1) is 35.5. The number of guanidine groups is 1. The zero-order valence-electron chi connectivity index (χ0n) is 27.2. The van der Waals surface area contributed by atoms with Gasteiger partial charge >= 0.3 is 0 Å². The number of anilines is 1. The summed E-state index contributed by atoms with van der Waals surface area (Å²) in [6.45, 7) is 24.3. The number of nitrogens with one attached hydrogen (secondary N) is 2. The predicted molar refractivity (Wildman–Crippen MR) is 176 cm³/mol. The first-order valence-electron chi connectivity index (χ1n) is 15.5. The molecule has 1 fully saturated rings. The van der Waals surface area contributed by atoms with Crippen molar-refractivity contribution in [2.24, 2.45) is 16.1 Å². The minimum absolute atomic E-state index is 0.0848. The Balaban J connectivity index is 0.00000191. The van der Waals surface area contributed by atoms with Gasteiger partial charge in [0, 0.05) is 37.4 Å². The number of hydrogen-bond donors (Lipinski definition) is 4. The number of nitrogens with zero attached hydrogens (tertiary/aromatic N) is 2. The van der Waals surface area contributed by atoms with Crippen LogP contribution in [-0.4, -0.2) is 41.7 Å². The highest BCUT2D eigenvalue weighted by Crippen LogP contribution is 2.52. The van der Waals surface area contributed by atoms with Gasteiger partial charge in [0.2, 0.25) is 5.96 Å². The molecule has 226 valence electrons. The lowest BCUT2D eigenvalue weighted by Gasteiger charge is -2.33. The van der Waals surface area contributed by atoms with Gasteiger partial charge in [0.25, 0.3) is 0 Å². The molecule has 0 spiro atoms. The van der Waals surface area contributed by atoms with Crippen molar-refractivity contribution >= 4 is 17.3 Å². The number of nitrogens with two attached hydrogens (primary N) is 1. The number of aryl methyl sites for hydroxylation is 1. The molecule has 2 atom stereocenters. The van der Waals surface area contributed by atoms with Crippen molar-refractivity contribution in [3.05, 3.63) is 58.8 Å². The van der Waals surface area contributed by atoms with E-state index >= 15 is 0 Å². The van der Waals surface area contributed by atoms with Crippen molar-refractivity contribution in [2.75, 3.05) is 18.9 Å². The summed E-state index contributed by atoms with van der Waals surface area (Å²) in [7, 11) is 2.04. The molecule has 0 radical (unpaired) electrons. The molecule has 0 amide bonds. The molecule has 2 aliphatic rings. The van der Waals surface area contributed by atoms with Crippen molar-refractivity contribution in [2.45, 2.75) is 120 Å². The largest absolute Gasteiger partial charge is 0.404 e. The van der Waals surface area contributed by atoms with Gasteiger partial charge in [-0.15, -0.1) is 0 Å². The lowest BCUT2D eigenvalue weighted by atomic mass is 9.96. The molecule has 1 aromatic rings. The van der Waals surface area contributed by atoms with Crippen LogP contribution in [-0.2, 0) is 6.54 Å². The quantitative estimate of drug-likeness (QED) is 0.199. The first-order valence-corrected chi connectivity index (χ1v) is 15.5. The summed E-state index contributed by atoms with van der Waals surface area (Å²) in [5.41, 5.74) is 13.9. The number of aliphatic hydroxyl groups is 1. The fraction of sp³-hybridized carbons (Fsp3) is 0.618. The summed E-state index contributed by atoms with van der Waals surface area (Å²) in [4.78, 5) is 7.05. The van der Waals surface area contributed by atoms with Crippen LogP contribution < -0.4 is 16.4 Å². The number of aliphatic imine (C=N–C) groups is 1. The van der Waals surface area contributed by atoms with Gasteiger partial charge in [-0.05, 0) is 94.2 Å². The van der Waals surface area contributed by atoms with Crippen LogP contribution >= 0.6 is 0 Å². The molecular weight excluding hydrogens is 494 g/mol. The number of aliphatic hydroxyl groups excluding tert-OH is 1. The molecule has 6 nitrogen and oxygen atoms in total. The van der Waals surface area contributed by atoms with Crippen LogP contribution in [0.1, 0.15) is 111 Å². The van der Waals surface area contributed by atoms with E-state index in [1.54, 1.807) is 6.20 Å². The van der Waals surface area contributed by atoms with Crippen LogP contribution in [0, 0.1) is 12.3 Å². The third kappa shape index (κ3) is 10.1. The standard InChI is InChI=1S/C30H47N5O.2C2H6/c1-8-9-30(10-11-30)12-13-32-29-34-28-26(14-20(2)16-27(28)24(6)35(29)7)19-33-23(5)25(17-22(4)36)15-21(3)18-31;2*1-2/h14-16,18,22-23,33,36H,6,8-13,17,19,31H2,1-5,7H3,(H,32,34);2*1-2H3/b21-18-,25-15-;;. The number of hydrogen-bond acceptors (Lipinski definition) is 4. The Labute approximate surface area is 245 Å². The van der Waals surface area contributed by atoms with E-state index in [9.17, 15) is 5.11 Å². The predicted octanol–water partition coefficient (Wildman–Crippen LogP) is 7.74. The molecule has 40 heavy (non-hydrogen) atoms. The highest BCUT2D eigenvalue weighted by atomic mass is 16.3. The normalized spacial score (nSPS) is 18.5. The van der Waals surface area contributed by atoms with Gasteiger partial charge in [0.1, 0.15) is 0 Å². The van der Waals surface area contributed by atoms with Crippen molar-refractivity contribution in [1.82, 2.24) is 10.2 Å². The second kappa shape index (κ2) is 17.3. The molecule has 0 aromatic heterocycles. The minimum atomic E-state index is -0.413.